The van der Waals surface area contributed by atoms with E-state index in [0.717, 1.165) is 16.8 Å². The fourth-order valence-electron chi connectivity index (χ4n) is 1.32. The van der Waals surface area contributed by atoms with Crippen molar-refractivity contribution in [3.8, 4) is 5.75 Å². The minimum atomic E-state index is -0.782. The van der Waals surface area contributed by atoms with Crippen molar-refractivity contribution in [1.29, 1.82) is 0 Å². The Bertz CT molecular complexity index is 307. The molecule has 3 N–H and O–H groups in total. The predicted octanol–water partition coefficient (Wildman–Crippen LogP) is 0.514. The average molecular weight is 225 g/mol. The van der Waals surface area contributed by atoms with Gasteiger partial charge in [-0.05, 0) is 30.2 Å². The van der Waals surface area contributed by atoms with Crippen molar-refractivity contribution in [3.63, 3.8) is 0 Å². The van der Waals surface area contributed by atoms with E-state index in [1.54, 1.807) is 13.2 Å². The molecular formula is C11H20BNO3. The lowest BCUT2D eigenvalue weighted by molar-refractivity contribution is 0.275. The van der Waals surface area contributed by atoms with Gasteiger partial charge in [0.15, 0.2) is 0 Å². The molecule has 2 rings (SSSR count). The standard InChI is InChI=1S/C8H9BO3.C2H6.CH5N/c1-11-7-3-2-6-5-12-9(10)8(6)4-7;2*1-2/h2-4,10H,5H2,1H3;1-2H3;2H2,1H3. The smallest absolute Gasteiger partial charge is 0.491 e. The van der Waals surface area contributed by atoms with Crippen LogP contribution in [0.4, 0.5) is 0 Å². The van der Waals surface area contributed by atoms with E-state index in [4.69, 9.17) is 9.39 Å². The van der Waals surface area contributed by atoms with Crippen LogP contribution in [0.3, 0.4) is 0 Å². The summed E-state index contributed by atoms with van der Waals surface area (Å²) < 4.78 is 10.0. The molecule has 1 aromatic carbocycles. The summed E-state index contributed by atoms with van der Waals surface area (Å²) in [6, 6.07) is 5.57. The number of rotatable bonds is 1. The van der Waals surface area contributed by atoms with Gasteiger partial charge in [-0.1, -0.05) is 19.9 Å². The maximum atomic E-state index is 9.32. The van der Waals surface area contributed by atoms with E-state index in [2.05, 4.69) is 5.73 Å². The minimum Gasteiger partial charge on any atom is -0.497 e. The van der Waals surface area contributed by atoms with E-state index in [-0.39, 0.29) is 0 Å². The summed E-state index contributed by atoms with van der Waals surface area (Å²) in [5, 5.41) is 9.32. The van der Waals surface area contributed by atoms with Gasteiger partial charge >= 0.3 is 7.12 Å². The lowest BCUT2D eigenvalue weighted by Gasteiger charge is -2.01. The zero-order valence-electron chi connectivity index (χ0n) is 10.4. The third-order valence-corrected chi connectivity index (χ3v) is 2.02. The van der Waals surface area contributed by atoms with Gasteiger partial charge in [-0.25, -0.2) is 0 Å². The first kappa shape index (κ1) is 15.0. The van der Waals surface area contributed by atoms with E-state index in [0.29, 0.717) is 6.61 Å². The van der Waals surface area contributed by atoms with Gasteiger partial charge < -0.3 is 20.1 Å². The van der Waals surface area contributed by atoms with Gasteiger partial charge in [0.05, 0.1) is 13.7 Å². The summed E-state index contributed by atoms with van der Waals surface area (Å²) in [6.07, 6.45) is 0. The Morgan fingerprint density at radius 1 is 1.38 bits per heavy atom. The highest BCUT2D eigenvalue weighted by atomic mass is 16.5. The van der Waals surface area contributed by atoms with Crippen LogP contribution in [0, 0.1) is 0 Å². The van der Waals surface area contributed by atoms with Gasteiger partial charge in [0.1, 0.15) is 5.75 Å². The van der Waals surface area contributed by atoms with Crippen molar-refractivity contribution in [2.24, 2.45) is 5.73 Å². The molecule has 5 heteroatoms. The first-order chi connectivity index (χ1) is 7.81. The number of benzene rings is 1. The van der Waals surface area contributed by atoms with Gasteiger partial charge in [-0.2, -0.15) is 0 Å². The predicted molar refractivity (Wildman–Crippen MR) is 66.8 cm³/mol. The summed E-state index contributed by atoms with van der Waals surface area (Å²) in [4.78, 5) is 0. The number of hydrogen-bond donors (Lipinski definition) is 2. The highest BCUT2D eigenvalue weighted by molar-refractivity contribution is 6.61. The SMILES string of the molecule is CC.CN.COc1ccc2c(c1)B(O)OC2. The normalized spacial score (nSPS) is 11.8. The second kappa shape index (κ2) is 8.16. The molecule has 90 valence electrons. The number of nitrogens with two attached hydrogens (primary N) is 1. The van der Waals surface area contributed by atoms with Gasteiger partial charge in [0.25, 0.3) is 0 Å². The van der Waals surface area contributed by atoms with Crippen LogP contribution >= 0.6 is 0 Å². The van der Waals surface area contributed by atoms with Gasteiger partial charge in [-0.15, -0.1) is 0 Å². The maximum absolute atomic E-state index is 9.32. The van der Waals surface area contributed by atoms with E-state index in [1.165, 1.54) is 7.05 Å². The first-order valence-electron chi connectivity index (χ1n) is 5.35. The molecule has 1 aliphatic rings. The molecule has 0 bridgehead atoms. The molecule has 0 aromatic heterocycles. The van der Waals surface area contributed by atoms with E-state index >= 15 is 0 Å². The zero-order valence-corrected chi connectivity index (χ0v) is 10.4. The molecule has 0 saturated carbocycles. The topological polar surface area (TPSA) is 64.7 Å². The van der Waals surface area contributed by atoms with Crippen LogP contribution in [-0.4, -0.2) is 26.3 Å². The molecule has 0 aliphatic carbocycles. The van der Waals surface area contributed by atoms with Crippen molar-refractivity contribution >= 4 is 12.6 Å². The number of fused-ring (bicyclic) bond motifs is 1. The lowest BCUT2D eigenvalue weighted by Crippen LogP contribution is -2.27. The van der Waals surface area contributed by atoms with Crippen molar-refractivity contribution in [3.05, 3.63) is 23.8 Å². The van der Waals surface area contributed by atoms with Gasteiger partial charge in [0, 0.05) is 0 Å². The Labute approximate surface area is 97.5 Å². The largest absolute Gasteiger partial charge is 0.497 e. The van der Waals surface area contributed by atoms with Gasteiger partial charge in [0.2, 0.25) is 0 Å². The molecule has 0 saturated heterocycles. The molecule has 0 amide bonds. The third kappa shape index (κ3) is 3.52. The van der Waals surface area contributed by atoms with Crippen molar-refractivity contribution < 1.29 is 14.4 Å². The number of methoxy groups -OCH3 is 1. The lowest BCUT2D eigenvalue weighted by atomic mass is 9.79. The summed E-state index contributed by atoms with van der Waals surface area (Å²) >= 11 is 0. The molecule has 0 unspecified atom stereocenters. The van der Waals surface area contributed by atoms with E-state index < -0.39 is 7.12 Å². The van der Waals surface area contributed by atoms with Gasteiger partial charge in [-0.3, -0.25) is 0 Å². The maximum Gasteiger partial charge on any atom is 0.491 e. The second-order valence-electron chi connectivity index (χ2n) is 2.73. The quantitative estimate of drug-likeness (QED) is 0.683. The van der Waals surface area contributed by atoms with Crippen LogP contribution in [0.1, 0.15) is 19.4 Å². The van der Waals surface area contributed by atoms with Crippen LogP contribution in [0.2, 0.25) is 0 Å². The molecule has 16 heavy (non-hydrogen) atoms. The molecule has 0 spiro atoms. The second-order valence-corrected chi connectivity index (χ2v) is 2.73. The summed E-state index contributed by atoms with van der Waals surface area (Å²) in [7, 11) is 2.32. The average Bonchev–Trinajstić information content (AvgIpc) is 2.75. The van der Waals surface area contributed by atoms with E-state index in [9.17, 15) is 5.02 Å². The summed E-state index contributed by atoms with van der Waals surface area (Å²) in [6.45, 7) is 4.49. The highest BCUT2D eigenvalue weighted by Gasteiger charge is 2.27. The Hall–Kier alpha value is -1.04. The minimum absolute atomic E-state index is 0.487. The highest BCUT2D eigenvalue weighted by Crippen LogP contribution is 2.15. The Morgan fingerprint density at radius 3 is 2.56 bits per heavy atom. The van der Waals surface area contributed by atoms with Crippen LogP contribution in [0.15, 0.2) is 18.2 Å². The monoisotopic (exact) mass is 225 g/mol. The zero-order chi connectivity index (χ0) is 12.6. The molecule has 1 aromatic rings. The Kier molecular flexibility index (Phi) is 7.63. The Balaban J connectivity index is 0.000000509. The first-order valence-corrected chi connectivity index (χ1v) is 5.35. The molecule has 0 fully saturated rings. The molecule has 0 radical (unpaired) electrons. The van der Waals surface area contributed by atoms with Crippen molar-refractivity contribution in [2.45, 2.75) is 20.5 Å². The van der Waals surface area contributed by atoms with E-state index in [1.807, 2.05) is 26.0 Å². The number of ether oxygens (including phenoxy) is 1. The van der Waals surface area contributed by atoms with Crippen LogP contribution < -0.4 is 15.9 Å². The van der Waals surface area contributed by atoms with Crippen molar-refractivity contribution in [1.82, 2.24) is 0 Å². The fourth-order valence-corrected chi connectivity index (χ4v) is 1.32. The van der Waals surface area contributed by atoms with Crippen LogP contribution in [0.5, 0.6) is 5.75 Å². The molecule has 4 nitrogen and oxygen atoms in total. The molecular weight excluding hydrogens is 205 g/mol. The van der Waals surface area contributed by atoms with Crippen LogP contribution in [0.25, 0.3) is 0 Å². The number of hydrogen-bond acceptors (Lipinski definition) is 4. The molecule has 1 aliphatic heterocycles. The summed E-state index contributed by atoms with van der Waals surface area (Å²) in [5.41, 5.74) is 6.35. The Morgan fingerprint density at radius 2 is 2.00 bits per heavy atom. The summed E-state index contributed by atoms with van der Waals surface area (Å²) in [5.74, 6) is 0.748. The third-order valence-electron chi connectivity index (χ3n) is 2.02. The molecule has 1 heterocycles. The van der Waals surface area contributed by atoms with Crippen LogP contribution in [-0.2, 0) is 11.3 Å². The van der Waals surface area contributed by atoms with Crippen molar-refractivity contribution in [2.75, 3.05) is 14.2 Å². The fraction of sp³-hybridized carbons (Fsp3) is 0.455. The molecule has 0 atom stereocenters.